The maximum Gasteiger partial charge on any atom is 0.350 e. The summed E-state index contributed by atoms with van der Waals surface area (Å²) >= 11 is 1.05. The topological polar surface area (TPSA) is 126 Å². The number of carbonyl (C=O) groups is 4. The number of benzene rings is 1. The number of aromatic nitrogens is 1. The number of amides is 2. The van der Waals surface area contributed by atoms with Gasteiger partial charge in [0.25, 0.3) is 0 Å². The Kier molecular flexibility index (Phi) is 4.94. The number of Topliss-reactive ketones (excluding diaryl/α,β-unsaturated/α-hetero) is 1. The molecule has 2 aliphatic heterocycles. The van der Waals surface area contributed by atoms with Crippen LogP contribution >= 0.6 is 11.3 Å². The number of anilines is 1. The van der Waals surface area contributed by atoms with Crippen molar-refractivity contribution in [1.29, 1.82) is 0 Å². The average molecular weight is 500 g/mol. The van der Waals surface area contributed by atoms with Gasteiger partial charge in [0.05, 0.1) is 41.6 Å². The molecule has 1 saturated heterocycles. The number of imide groups is 1. The minimum Gasteiger partial charge on any atom is -0.506 e. The lowest BCUT2D eigenvalue weighted by molar-refractivity contribution is -0.122. The van der Waals surface area contributed by atoms with Crippen molar-refractivity contribution in [2.45, 2.75) is 6.04 Å². The minimum absolute atomic E-state index is 0.0463. The van der Waals surface area contributed by atoms with Gasteiger partial charge in [-0.2, -0.15) is 0 Å². The molecule has 0 bridgehead atoms. The number of methoxy groups -OCH3 is 1. The zero-order valence-corrected chi connectivity index (χ0v) is 19.6. The fourth-order valence-corrected chi connectivity index (χ4v) is 5.89. The fraction of sp³-hybridized carbons (Fsp3) is 0.154. The van der Waals surface area contributed by atoms with Gasteiger partial charge in [-0.1, -0.05) is 30.3 Å². The van der Waals surface area contributed by atoms with Gasteiger partial charge in [0.1, 0.15) is 16.7 Å². The molecule has 10 heteroatoms. The van der Waals surface area contributed by atoms with E-state index in [2.05, 4.69) is 9.98 Å². The Morgan fingerprint density at radius 3 is 2.47 bits per heavy atom. The summed E-state index contributed by atoms with van der Waals surface area (Å²) in [6, 6.07) is 12.4. The molecule has 1 aromatic carbocycles. The van der Waals surface area contributed by atoms with Crippen LogP contribution < -0.4 is 4.90 Å². The predicted octanol–water partition coefficient (Wildman–Crippen LogP) is 3.40. The summed E-state index contributed by atoms with van der Waals surface area (Å²) in [4.78, 5) is 63.3. The van der Waals surface area contributed by atoms with E-state index in [1.165, 1.54) is 13.2 Å². The molecule has 1 N–H and O–H groups in total. The molecule has 1 aliphatic carbocycles. The second-order valence-electron chi connectivity index (χ2n) is 8.45. The molecule has 2 aromatic heterocycles. The third kappa shape index (κ3) is 2.94. The monoisotopic (exact) mass is 499 g/mol. The summed E-state index contributed by atoms with van der Waals surface area (Å²) in [5.74, 6) is -4.74. The molecule has 36 heavy (non-hydrogen) atoms. The summed E-state index contributed by atoms with van der Waals surface area (Å²) in [6.07, 6.45) is 1.55. The first-order valence-electron chi connectivity index (χ1n) is 11.0. The number of rotatable bonds is 4. The first kappa shape index (κ1) is 22.1. The van der Waals surface area contributed by atoms with E-state index >= 15 is 0 Å². The van der Waals surface area contributed by atoms with Crippen LogP contribution in [0.1, 0.15) is 37.3 Å². The highest BCUT2D eigenvalue weighted by molar-refractivity contribution is 7.12. The van der Waals surface area contributed by atoms with Gasteiger partial charge in [-0.3, -0.25) is 24.4 Å². The van der Waals surface area contributed by atoms with E-state index in [0.717, 1.165) is 16.2 Å². The summed E-state index contributed by atoms with van der Waals surface area (Å²) < 4.78 is 4.82. The number of allylic oxidation sites excluding steroid dienone is 1. The Balaban J connectivity index is 1.51. The molecule has 0 unspecified atom stereocenters. The summed E-state index contributed by atoms with van der Waals surface area (Å²) in [6.45, 7) is 0. The first-order chi connectivity index (χ1) is 17.4. The summed E-state index contributed by atoms with van der Waals surface area (Å²) in [7, 11) is 1.22. The number of fused-ring (bicyclic) bond motifs is 2. The Labute approximate surface area is 208 Å². The molecule has 3 atom stereocenters. The molecular weight excluding hydrogens is 482 g/mol. The number of nitrogens with zero attached hydrogens (tertiary/aromatic N) is 3. The van der Waals surface area contributed by atoms with Crippen LogP contribution in [0.25, 0.3) is 5.76 Å². The van der Waals surface area contributed by atoms with Crippen molar-refractivity contribution in [1.82, 2.24) is 4.98 Å². The lowest BCUT2D eigenvalue weighted by Gasteiger charge is -2.18. The Bertz CT molecular complexity index is 1540. The van der Waals surface area contributed by atoms with E-state index in [9.17, 15) is 24.3 Å². The lowest BCUT2D eigenvalue weighted by atomic mass is 9.84. The van der Waals surface area contributed by atoms with E-state index < -0.39 is 41.4 Å². The highest BCUT2D eigenvalue weighted by Gasteiger charge is 2.60. The van der Waals surface area contributed by atoms with Crippen LogP contribution in [0.2, 0.25) is 0 Å². The molecule has 3 aromatic rings. The summed E-state index contributed by atoms with van der Waals surface area (Å²) in [5.41, 5.74) is 1.17. The molecule has 178 valence electrons. The number of aliphatic imine (C=N–C) groups is 1. The number of aliphatic hydroxyl groups excluding tert-OH is 1. The molecule has 3 aliphatic rings. The van der Waals surface area contributed by atoms with Gasteiger partial charge < -0.3 is 9.84 Å². The van der Waals surface area contributed by atoms with Crippen molar-refractivity contribution in [3.8, 4) is 0 Å². The molecule has 4 heterocycles. The van der Waals surface area contributed by atoms with Crippen molar-refractivity contribution in [2.75, 3.05) is 12.0 Å². The number of pyridine rings is 1. The molecular formula is C26H17N3O6S. The van der Waals surface area contributed by atoms with E-state index in [1.54, 1.807) is 54.0 Å². The summed E-state index contributed by atoms with van der Waals surface area (Å²) in [5, 5.41) is 12.6. The highest BCUT2D eigenvalue weighted by atomic mass is 32.1. The van der Waals surface area contributed by atoms with Crippen molar-refractivity contribution < 1.29 is 29.0 Å². The van der Waals surface area contributed by atoms with Crippen LogP contribution in [0.3, 0.4) is 0 Å². The fourth-order valence-electron chi connectivity index (χ4n) is 5.09. The van der Waals surface area contributed by atoms with Crippen molar-refractivity contribution in [2.24, 2.45) is 16.8 Å². The van der Waals surface area contributed by atoms with Crippen LogP contribution in [-0.4, -0.2) is 46.5 Å². The smallest absolute Gasteiger partial charge is 0.350 e. The largest absolute Gasteiger partial charge is 0.506 e. The van der Waals surface area contributed by atoms with Crippen LogP contribution in [-0.2, 0) is 14.3 Å². The van der Waals surface area contributed by atoms with Crippen LogP contribution in [0.15, 0.2) is 70.7 Å². The SMILES string of the molecule is COC(=O)c1sccc1N1C(=O)[C@@H]2C(C3=C(O)c4ccccc4C3=O)=N[C@@H](c3ccccn3)[C@H]2C1=O. The molecule has 2 amide bonds. The number of carbonyl (C=O) groups excluding carboxylic acids is 4. The quantitative estimate of drug-likeness (QED) is 0.431. The number of aliphatic hydroxyl groups is 1. The number of thiophene rings is 1. The number of hydrogen-bond acceptors (Lipinski definition) is 9. The van der Waals surface area contributed by atoms with Crippen LogP contribution in [0.4, 0.5) is 5.69 Å². The Morgan fingerprint density at radius 2 is 1.78 bits per heavy atom. The van der Waals surface area contributed by atoms with Gasteiger partial charge in [-0.25, -0.2) is 9.69 Å². The standard InChI is InChI=1S/C26H17N3O6S/c1-35-26(34)23-15(9-11-36-23)29-24(32)16-17(25(29)33)20(28-19(16)14-8-4-5-10-27-14)18-21(30)12-6-2-3-7-13(12)22(18)31/h2-11,16-17,19,30H,1H3/t16-,17-,19-/m0/s1. The maximum atomic E-state index is 13.8. The Hall–Kier alpha value is -4.44. The molecule has 6 rings (SSSR count). The first-order valence-corrected chi connectivity index (χ1v) is 11.9. The minimum atomic E-state index is -1.13. The van der Waals surface area contributed by atoms with Gasteiger partial charge >= 0.3 is 5.97 Å². The van der Waals surface area contributed by atoms with Gasteiger partial charge in [0, 0.05) is 17.3 Å². The predicted molar refractivity (Wildman–Crippen MR) is 130 cm³/mol. The molecule has 0 radical (unpaired) electrons. The maximum absolute atomic E-state index is 13.8. The van der Waals surface area contributed by atoms with Gasteiger partial charge in [-0.05, 0) is 23.6 Å². The zero-order chi connectivity index (χ0) is 25.1. The van der Waals surface area contributed by atoms with Crippen LogP contribution in [0, 0.1) is 11.8 Å². The lowest BCUT2D eigenvalue weighted by Crippen LogP contribution is -2.34. The zero-order valence-electron chi connectivity index (χ0n) is 18.7. The number of ether oxygens (including phenoxy) is 1. The van der Waals surface area contributed by atoms with Gasteiger partial charge in [0.2, 0.25) is 11.8 Å². The molecule has 9 nitrogen and oxygen atoms in total. The molecule has 0 spiro atoms. The second kappa shape index (κ2) is 8.06. The third-order valence-corrected chi connectivity index (χ3v) is 7.54. The van der Waals surface area contributed by atoms with Gasteiger partial charge in [-0.15, -0.1) is 11.3 Å². The van der Waals surface area contributed by atoms with E-state index in [1.807, 2.05) is 0 Å². The van der Waals surface area contributed by atoms with E-state index in [4.69, 9.17) is 4.74 Å². The van der Waals surface area contributed by atoms with Crippen molar-refractivity contribution in [3.05, 3.63) is 87.4 Å². The molecule has 1 fully saturated rings. The average Bonchev–Trinajstić information content (AvgIpc) is 3.64. The van der Waals surface area contributed by atoms with Crippen LogP contribution in [0.5, 0.6) is 0 Å². The van der Waals surface area contributed by atoms with Gasteiger partial charge in [0.15, 0.2) is 5.78 Å². The third-order valence-electron chi connectivity index (χ3n) is 6.66. The number of esters is 1. The highest BCUT2D eigenvalue weighted by Crippen LogP contribution is 2.49. The Morgan fingerprint density at radius 1 is 1.03 bits per heavy atom. The van der Waals surface area contributed by atoms with E-state index in [-0.39, 0.29) is 27.6 Å². The normalized spacial score (nSPS) is 22.7. The second-order valence-corrected chi connectivity index (χ2v) is 9.37. The molecule has 0 saturated carbocycles. The van der Waals surface area contributed by atoms with E-state index in [0.29, 0.717) is 16.8 Å². The number of hydrogen-bond donors (Lipinski definition) is 1. The van der Waals surface area contributed by atoms with Crippen molar-refractivity contribution >= 4 is 52.1 Å². The van der Waals surface area contributed by atoms with Crippen molar-refractivity contribution in [3.63, 3.8) is 0 Å². The number of ketones is 1.